The van der Waals surface area contributed by atoms with E-state index in [1.54, 1.807) is 0 Å². The molecule has 2 aliphatic carbocycles. The van der Waals surface area contributed by atoms with Gasteiger partial charge in [0, 0.05) is 6.38 Å². The molecular formula is C15H21ClZr. The summed E-state index contributed by atoms with van der Waals surface area (Å²) in [4.78, 5) is 0. The molecule has 2 rings (SSSR count). The van der Waals surface area contributed by atoms with Gasteiger partial charge in [0.05, 0.1) is 0 Å². The van der Waals surface area contributed by atoms with E-state index in [4.69, 9.17) is 0 Å². The van der Waals surface area contributed by atoms with Crippen molar-refractivity contribution >= 4 is 11.6 Å². The van der Waals surface area contributed by atoms with E-state index in [-0.39, 0.29) is 26.2 Å². The van der Waals surface area contributed by atoms with E-state index >= 15 is 0 Å². The van der Waals surface area contributed by atoms with Gasteiger partial charge in [0.15, 0.2) is 0 Å². The first-order valence-corrected chi connectivity index (χ1v) is 6.23. The first-order valence-electron chi connectivity index (χ1n) is 5.48. The average molecular weight is 328 g/mol. The molecule has 0 saturated carbocycles. The monoisotopic (exact) mass is 326 g/mol. The molecule has 92 valence electrons. The van der Waals surface area contributed by atoms with Gasteiger partial charge >= 0.3 is 26.2 Å². The molecule has 2 aliphatic rings. The van der Waals surface area contributed by atoms with Crippen molar-refractivity contribution in [2.45, 2.75) is 40.5 Å². The van der Waals surface area contributed by atoms with Crippen LogP contribution in [0.25, 0.3) is 0 Å². The minimum atomic E-state index is 0. The van der Waals surface area contributed by atoms with Gasteiger partial charge in [0.2, 0.25) is 0 Å². The summed E-state index contributed by atoms with van der Waals surface area (Å²) in [6.45, 7) is 8.43. The standard InChI is InChI=1S/2C7H9.CH3Cl.Zr/c2*1-6-4-3-5-7(6)2;1-2;/h2*4H,3H2,1-2H3;1H3;/q2*-1;;+2. The largest absolute Gasteiger partial charge is 2.00 e. The number of rotatable bonds is 0. The molecule has 0 radical (unpaired) electrons. The number of alkyl halides is 1. The molecule has 0 aromatic rings. The molecule has 0 spiro atoms. The van der Waals surface area contributed by atoms with Crippen molar-refractivity contribution in [2.75, 3.05) is 6.38 Å². The van der Waals surface area contributed by atoms with Crippen molar-refractivity contribution < 1.29 is 26.2 Å². The van der Waals surface area contributed by atoms with E-state index in [0.717, 1.165) is 12.8 Å². The van der Waals surface area contributed by atoms with Gasteiger partial charge in [0.1, 0.15) is 0 Å². The fourth-order valence-corrected chi connectivity index (χ4v) is 1.30. The summed E-state index contributed by atoms with van der Waals surface area (Å²) >= 11 is 4.64. The van der Waals surface area contributed by atoms with Gasteiger partial charge in [-0.2, -0.15) is 12.2 Å². The number of allylic oxidation sites excluding steroid dienone is 8. The van der Waals surface area contributed by atoms with Crippen molar-refractivity contribution in [1.82, 2.24) is 0 Å². The molecule has 0 bridgehead atoms. The molecule has 0 nitrogen and oxygen atoms in total. The quantitative estimate of drug-likeness (QED) is 0.432. The van der Waals surface area contributed by atoms with E-state index in [2.05, 4.69) is 63.6 Å². The Bertz CT molecular complexity index is 267. The van der Waals surface area contributed by atoms with E-state index in [0.29, 0.717) is 0 Å². The van der Waals surface area contributed by atoms with Gasteiger partial charge in [-0.1, -0.05) is 13.8 Å². The second-order valence-electron chi connectivity index (χ2n) is 3.79. The summed E-state index contributed by atoms with van der Waals surface area (Å²) in [5, 5.41) is 0. The molecule has 0 fully saturated rings. The topological polar surface area (TPSA) is 0 Å². The van der Waals surface area contributed by atoms with Gasteiger partial charge in [-0.05, 0) is 0 Å². The van der Waals surface area contributed by atoms with Crippen LogP contribution >= 0.6 is 11.6 Å². The summed E-state index contributed by atoms with van der Waals surface area (Å²) in [6.07, 6.45) is 14.3. The minimum absolute atomic E-state index is 0. The van der Waals surface area contributed by atoms with Crippen LogP contribution in [-0.4, -0.2) is 6.38 Å². The molecule has 2 heteroatoms. The summed E-state index contributed by atoms with van der Waals surface area (Å²) in [7, 11) is 0. The van der Waals surface area contributed by atoms with Crippen molar-refractivity contribution in [2.24, 2.45) is 0 Å². The van der Waals surface area contributed by atoms with Crippen molar-refractivity contribution in [1.29, 1.82) is 0 Å². The minimum Gasteiger partial charge on any atom is -0.270 e. The predicted octanol–water partition coefficient (Wildman–Crippen LogP) is 5.02. The average Bonchev–Trinajstić information content (AvgIpc) is 2.83. The Kier molecular flexibility index (Phi) is 12.9. The Hall–Kier alpha value is 0.133. The maximum atomic E-state index is 4.64. The van der Waals surface area contributed by atoms with E-state index in [1.807, 2.05) is 0 Å². The molecule has 0 N–H and O–H groups in total. The third kappa shape index (κ3) is 7.95. The van der Waals surface area contributed by atoms with E-state index < -0.39 is 0 Å². The zero-order valence-corrected chi connectivity index (χ0v) is 14.7. The summed E-state index contributed by atoms with van der Waals surface area (Å²) in [6, 6.07) is 0. The zero-order valence-electron chi connectivity index (χ0n) is 11.4. The van der Waals surface area contributed by atoms with Crippen LogP contribution in [0.4, 0.5) is 0 Å². The van der Waals surface area contributed by atoms with Crippen molar-refractivity contribution in [3.8, 4) is 0 Å². The van der Waals surface area contributed by atoms with Crippen LogP contribution in [0.3, 0.4) is 0 Å². The van der Waals surface area contributed by atoms with Crippen LogP contribution in [0.5, 0.6) is 0 Å². The maximum Gasteiger partial charge on any atom is 2.00 e. The van der Waals surface area contributed by atoms with Gasteiger partial charge in [-0.15, -0.1) is 38.3 Å². The molecular weight excluding hydrogens is 307 g/mol. The molecule has 0 aromatic carbocycles. The number of hydrogen-bond donors (Lipinski definition) is 0. The molecule has 0 unspecified atom stereocenters. The van der Waals surface area contributed by atoms with Crippen LogP contribution in [0.2, 0.25) is 0 Å². The van der Waals surface area contributed by atoms with Crippen LogP contribution in [0.1, 0.15) is 40.5 Å². The molecule has 0 saturated heterocycles. The maximum absolute atomic E-state index is 4.64. The van der Waals surface area contributed by atoms with E-state index in [1.165, 1.54) is 28.7 Å². The SMILES string of the molecule is CC1=[C-]CC=C1C.CC1=[C-]CC=C1C.CCl.[Zr+2]. The zero-order chi connectivity index (χ0) is 12.6. The van der Waals surface area contributed by atoms with Crippen molar-refractivity contribution in [3.63, 3.8) is 0 Å². The molecule has 0 aliphatic heterocycles. The first-order chi connectivity index (χ1) is 7.61. The van der Waals surface area contributed by atoms with Gasteiger partial charge < -0.3 is 0 Å². The normalized spacial score (nSPS) is 16.1. The second-order valence-corrected chi connectivity index (χ2v) is 3.79. The first kappa shape index (κ1) is 19.5. The van der Waals surface area contributed by atoms with Gasteiger partial charge in [-0.25, -0.2) is 22.3 Å². The smallest absolute Gasteiger partial charge is 0.270 e. The van der Waals surface area contributed by atoms with Crippen LogP contribution in [-0.2, 0) is 26.2 Å². The second kappa shape index (κ2) is 11.2. The molecule has 0 amide bonds. The van der Waals surface area contributed by atoms with Crippen LogP contribution < -0.4 is 0 Å². The summed E-state index contributed by atoms with van der Waals surface area (Å²) in [5.74, 6) is 0. The van der Waals surface area contributed by atoms with Gasteiger partial charge in [0.25, 0.3) is 0 Å². The number of hydrogen-bond acceptors (Lipinski definition) is 0. The Balaban J connectivity index is 0. The van der Waals surface area contributed by atoms with Crippen LogP contribution in [0.15, 0.2) is 34.4 Å². The van der Waals surface area contributed by atoms with Gasteiger partial charge in [-0.3, -0.25) is 12.2 Å². The molecule has 17 heavy (non-hydrogen) atoms. The summed E-state index contributed by atoms with van der Waals surface area (Å²) in [5.41, 5.74) is 5.42. The molecule has 0 heterocycles. The fraction of sp³-hybridized carbons (Fsp3) is 0.467. The Labute approximate surface area is 131 Å². The molecule has 0 aromatic heterocycles. The fourth-order valence-electron chi connectivity index (χ4n) is 1.30. The third-order valence-electron chi connectivity index (χ3n) is 2.73. The Morgan fingerprint density at radius 3 is 1.18 bits per heavy atom. The third-order valence-corrected chi connectivity index (χ3v) is 2.73. The Morgan fingerprint density at radius 2 is 1.12 bits per heavy atom. The number of halogens is 1. The van der Waals surface area contributed by atoms with Crippen LogP contribution in [0, 0.1) is 12.2 Å². The Morgan fingerprint density at radius 1 is 0.824 bits per heavy atom. The molecule has 0 atom stereocenters. The summed E-state index contributed by atoms with van der Waals surface area (Å²) < 4.78 is 0. The van der Waals surface area contributed by atoms with Crippen molar-refractivity contribution in [3.05, 3.63) is 46.6 Å². The predicted molar refractivity (Wildman–Crippen MR) is 73.4 cm³/mol. The van der Waals surface area contributed by atoms with E-state index in [9.17, 15) is 0 Å².